The SMILES string of the molecule is C=CCN(C(=O)C1N(CCCCCO)C(=O)[C@@H]2[C@H](C(=O)O)[C@]3(CC)CCC12O3)c1ccccc1Cl. The summed E-state index contributed by atoms with van der Waals surface area (Å²) in [6, 6.07) is 6.01. The van der Waals surface area contributed by atoms with E-state index >= 15 is 0 Å². The molecule has 3 saturated heterocycles. The summed E-state index contributed by atoms with van der Waals surface area (Å²) in [5.74, 6) is -3.67. The van der Waals surface area contributed by atoms with Crippen LogP contribution in [0, 0.1) is 11.8 Å². The number of aliphatic carboxylic acids is 1. The smallest absolute Gasteiger partial charge is 0.310 e. The molecule has 4 rings (SSSR count). The lowest BCUT2D eigenvalue weighted by Gasteiger charge is -2.37. The second-order valence-corrected chi connectivity index (χ2v) is 10.1. The van der Waals surface area contributed by atoms with Crippen molar-refractivity contribution in [1.29, 1.82) is 0 Å². The van der Waals surface area contributed by atoms with Gasteiger partial charge in [-0.25, -0.2) is 0 Å². The molecule has 2 amide bonds. The number of benzene rings is 1. The molecular weight excluding hydrogens is 472 g/mol. The predicted octanol–water partition coefficient (Wildman–Crippen LogP) is 3.26. The van der Waals surface area contributed by atoms with Crippen LogP contribution in [-0.4, -0.2) is 69.8 Å². The first-order chi connectivity index (χ1) is 16.8. The molecule has 1 aromatic rings. The van der Waals surface area contributed by atoms with Gasteiger partial charge >= 0.3 is 5.97 Å². The summed E-state index contributed by atoms with van der Waals surface area (Å²) >= 11 is 6.44. The zero-order chi connectivity index (χ0) is 25.4. The normalized spacial score (nSPS) is 31.0. The number of unbranched alkanes of at least 4 members (excludes halogenated alkanes) is 2. The quantitative estimate of drug-likeness (QED) is 0.354. The van der Waals surface area contributed by atoms with Gasteiger partial charge in [-0.05, 0) is 50.7 Å². The summed E-state index contributed by atoms with van der Waals surface area (Å²) < 4.78 is 6.56. The fraction of sp³-hybridized carbons (Fsp3) is 0.577. The molecule has 2 unspecified atom stereocenters. The number of para-hydroxylation sites is 1. The molecule has 1 aromatic carbocycles. The third-order valence-electron chi connectivity index (χ3n) is 7.96. The zero-order valence-corrected chi connectivity index (χ0v) is 20.7. The molecule has 5 atom stereocenters. The van der Waals surface area contributed by atoms with Crippen molar-refractivity contribution < 1.29 is 29.3 Å². The topological polar surface area (TPSA) is 107 Å². The second-order valence-electron chi connectivity index (χ2n) is 9.68. The van der Waals surface area contributed by atoms with Gasteiger partial charge in [0.05, 0.1) is 22.2 Å². The van der Waals surface area contributed by atoms with Gasteiger partial charge in [-0.15, -0.1) is 6.58 Å². The summed E-state index contributed by atoms with van der Waals surface area (Å²) in [7, 11) is 0. The molecule has 9 heteroatoms. The molecule has 2 bridgehead atoms. The number of hydrogen-bond donors (Lipinski definition) is 2. The van der Waals surface area contributed by atoms with E-state index in [0.29, 0.717) is 49.2 Å². The highest BCUT2D eigenvalue weighted by atomic mass is 35.5. The van der Waals surface area contributed by atoms with Gasteiger partial charge < -0.3 is 24.7 Å². The highest BCUT2D eigenvalue weighted by Gasteiger charge is 2.79. The second kappa shape index (κ2) is 9.91. The number of likely N-dealkylation sites (tertiary alicyclic amines) is 1. The monoisotopic (exact) mass is 504 g/mol. The van der Waals surface area contributed by atoms with Crippen LogP contribution in [0.3, 0.4) is 0 Å². The predicted molar refractivity (Wildman–Crippen MR) is 131 cm³/mol. The first-order valence-corrected chi connectivity index (χ1v) is 12.7. The largest absolute Gasteiger partial charge is 0.481 e. The first-order valence-electron chi connectivity index (χ1n) is 12.3. The standard InChI is InChI=1S/C26H33ClN2O6/c1-3-14-28(18-11-7-6-10-17(18)27)23(32)21-26-13-12-25(4-2,35-26)20(24(33)34)19(26)22(31)29(21)15-8-5-9-16-30/h3,6-7,10-11,19-21,30H,1,4-5,8-9,12-16H2,2H3,(H,33,34)/t19-,20+,21?,25-,26?/m0/s1. The van der Waals surface area contributed by atoms with Crippen LogP contribution in [-0.2, 0) is 19.1 Å². The van der Waals surface area contributed by atoms with Crippen molar-refractivity contribution in [1.82, 2.24) is 4.90 Å². The van der Waals surface area contributed by atoms with Gasteiger partial charge in [0.25, 0.3) is 5.91 Å². The maximum atomic E-state index is 14.3. The summed E-state index contributed by atoms with van der Waals surface area (Å²) in [6.07, 6.45) is 4.83. The van der Waals surface area contributed by atoms with Crippen molar-refractivity contribution >= 4 is 35.1 Å². The van der Waals surface area contributed by atoms with Crippen LogP contribution in [0.5, 0.6) is 0 Å². The molecule has 0 saturated carbocycles. The van der Waals surface area contributed by atoms with Crippen LogP contribution in [0.1, 0.15) is 45.4 Å². The Morgan fingerprint density at radius 1 is 1.29 bits per heavy atom. The van der Waals surface area contributed by atoms with E-state index in [4.69, 9.17) is 21.4 Å². The number of fused-ring (bicyclic) bond motifs is 1. The minimum absolute atomic E-state index is 0.0473. The van der Waals surface area contributed by atoms with Crippen LogP contribution >= 0.6 is 11.6 Å². The number of ether oxygens (including phenoxy) is 1. The van der Waals surface area contributed by atoms with Crippen LogP contribution in [0.15, 0.2) is 36.9 Å². The Hall–Kier alpha value is -2.42. The number of hydrogen-bond acceptors (Lipinski definition) is 5. The van der Waals surface area contributed by atoms with Crippen LogP contribution < -0.4 is 4.90 Å². The minimum atomic E-state index is -1.20. The van der Waals surface area contributed by atoms with Crippen LogP contribution in [0.4, 0.5) is 5.69 Å². The van der Waals surface area contributed by atoms with E-state index < -0.39 is 35.0 Å². The van der Waals surface area contributed by atoms with E-state index in [2.05, 4.69) is 6.58 Å². The summed E-state index contributed by atoms with van der Waals surface area (Å²) in [4.78, 5) is 43.6. The van der Waals surface area contributed by atoms with E-state index in [0.717, 1.165) is 0 Å². The third-order valence-corrected chi connectivity index (χ3v) is 8.28. The highest BCUT2D eigenvalue weighted by Crippen LogP contribution is 2.64. The molecule has 2 N–H and O–H groups in total. The maximum Gasteiger partial charge on any atom is 0.310 e. The van der Waals surface area contributed by atoms with Crippen LogP contribution in [0.2, 0.25) is 5.02 Å². The Balaban J connectivity index is 1.79. The molecule has 1 spiro atoms. The number of amides is 2. The lowest BCUT2D eigenvalue weighted by atomic mass is 9.65. The number of nitrogens with zero attached hydrogens (tertiary/aromatic N) is 2. The van der Waals surface area contributed by atoms with E-state index in [9.17, 15) is 19.5 Å². The van der Waals surface area contributed by atoms with Crippen LogP contribution in [0.25, 0.3) is 0 Å². The van der Waals surface area contributed by atoms with Gasteiger partial charge in [0, 0.05) is 19.7 Å². The molecule has 35 heavy (non-hydrogen) atoms. The molecule has 0 radical (unpaired) electrons. The van der Waals surface area contributed by atoms with E-state index in [1.807, 2.05) is 6.92 Å². The number of carbonyl (C=O) groups excluding carboxylic acids is 2. The van der Waals surface area contributed by atoms with Crippen molar-refractivity contribution in [3.63, 3.8) is 0 Å². The number of anilines is 1. The molecule has 3 aliphatic heterocycles. The lowest BCUT2D eigenvalue weighted by molar-refractivity contribution is -0.155. The van der Waals surface area contributed by atoms with Crippen molar-refractivity contribution in [3.8, 4) is 0 Å². The number of carboxylic acid groups (broad SMARTS) is 1. The van der Waals surface area contributed by atoms with Gasteiger partial charge in [-0.2, -0.15) is 0 Å². The summed E-state index contributed by atoms with van der Waals surface area (Å²) in [5.41, 5.74) is -1.66. The molecular formula is C26H33ClN2O6. The van der Waals surface area contributed by atoms with E-state index in [1.54, 1.807) is 30.3 Å². The zero-order valence-electron chi connectivity index (χ0n) is 20.0. The van der Waals surface area contributed by atoms with Gasteiger partial charge in [-0.1, -0.05) is 36.7 Å². The highest BCUT2D eigenvalue weighted by molar-refractivity contribution is 6.34. The first kappa shape index (κ1) is 25.7. The third kappa shape index (κ3) is 3.96. The summed E-state index contributed by atoms with van der Waals surface area (Å²) in [6.45, 7) is 6.17. The number of rotatable bonds is 11. The number of aliphatic hydroxyl groups is 1. The average molecular weight is 505 g/mol. The van der Waals surface area contributed by atoms with E-state index in [1.165, 1.54) is 9.80 Å². The molecule has 0 aliphatic carbocycles. The Kier molecular flexibility index (Phi) is 7.27. The Bertz CT molecular complexity index is 1020. The minimum Gasteiger partial charge on any atom is -0.481 e. The van der Waals surface area contributed by atoms with E-state index in [-0.39, 0.29) is 31.5 Å². The van der Waals surface area contributed by atoms with Gasteiger partial charge in [-0.3, -0.25) is 14.4 Å². The molecule has 3 fully saturated rings. The lowest BCUT2D eigenvalue weighted by Crippen LogP contribution is -2.56. The van der Waals surface area contributed by atoms with Crippen molar-refractivity contribution in [2.75, 3.05) is 24.6 Å². The number of aliphatic hydroxyl groups excluding tert-OH is 1. The summed E-state index contributed by atoms with van der Waals surface area (Å²) in [5, 5.41) is 19.7. The Morgan fingerprint density at radius 3 is 2.66 bits per heavy atom. The molecule has 0 aromatic heterocycles. The van der Waals surface area contributed by atoms with Crippen molar-refractivity contribution in [2.24, 2.45) is 11.8 Å². The maximum absolute atomic E-state index is 14.3. The molecule has 3 aliphatic rings. The average Bonchev–Trinajstić information content (AvgIpc) is 3.44. The Morgan fingerprint density at radius 2 is 2.03 bits per heavy atom. The molecule has 8 nitrogen and oxygen atoms in total. The number of carboxylic acids is 1. The molecule has 3 heterocycles. The van der Waals surface area contributed by atoms with Gasteiger partial charge in [0.2, 0.25) is 5.91 Å². The molecule has 190 valence electrons. The fourth-order valence-corrected chi connectivity index (χ4v) is 6.68. The van der Waals surface area contributed by atoms with Gasteiger partial charge in [0.15, 0.2) is 0 Å². The van der Waals surface area contributed by atoms with Crippen molar-refractivity contribution in [3.05, 3.63) is 41.9 Å². The van der Waals surface area contributed by atoms with Crippen molar-refractivity contribution in [2.45, 2.75) is 62.7 Å². The Labute approximate surface area is 210 Å². The fourth-order valence-electron chi connectivity index (χ4n) is 6.44. The number of halogens is 1. The number of carbonyl (C=O) groups is 3. The van der Waals surface area contributed by atoms with Gasteiger partial charge in [0.1, 0.15) is 17.6 Å².